The summed E-state index contributed by atoms with van der Waals surface area (Å²) in [5.74, 6) is 1.16. The molecular weight excluding hydrogens is 240 g/mol. The second kappa shape index (κ2) is 4.70. The normalized spacial score (nSPS) is 17.1. The third-order valence-corrected chi connectivity index (χ3v) is 3.91. The van der Waals surface area contributed by atoms with Gasteiger partial charge in [-0.3, -0.25) is 9.00 Å². The number of nitrogens with zero attached hydrogens (tertiary/aromatic N) is 2. The number of hydrogen-bond donors (Lipinski definition) is 2. The number of carbonyl (C=O) groups excluding carboxylic acids is 1. The van der Waals surface area contributed by atoms with Crippen LogP contribution < -0.4 is 16.4 Å². The van der Waals surface area contributed by atoms with Gasteiger partial charge < -0.3 is 16.4 Å². The molecule has 2 rings (SSSR count). The van der Waals surface area contributed by atoms with Gasteiger partial charge in [0.1, 0.15) is 5.82 Å². The first-order valence-corrected chi connectivity index (χ1v) is 6.72. The maximum Gasteiger partial charge on any atom is 0.252 e. The van der Waals surface area contributed by atoms with Gasteiger partial charge in [0.2, 0.25) is 0 Å². The maximum atomic E-state index is 11.3. The van der Waals surface area contributed by atoms with Crippen molar-refractivity contribution in [3.8, 4) is 0 Å². The van der Waals surface area contributed by atoms with Crippen molar-refractivity contribution in [1.29, 1.82) is 0 Å². The molecule has 1 fully saturated rings. The Morgan fingerprint density at radius 2 is 2.06 bits per heavy atom. The number of pyridine rings is 1. The Morgan fingerprint density at radius 1 is 1.41 bits per heavy atom. The van der Waals surface area contributed by atoms with Crippen molar-refractivity contribution in [2.45, 2.75) is 0 Å². The van der Waals surface area contributed by atoms with Crippen LogP contribution in [-0.2, 0) is 10.8 Å². The largest absolute Gasteiger partial charge is 0.397 e. The van der Waals surface area contributed by atoms with E-state index in [1.54, 1.807) is 0 Å². The molecule has 0 atom stereocenters. The predicted octanol–water partition coefficient (Wildman–Crippen LogP) is -0.669. The molecule has 0 radical (unpaired) electrons. The zero-order chi connectivity index (χ0) is 12.4. The fourth-order valence-corrected chi connectivity index (χ4v) is 2.81. The highest BCUT2D eigenvalue weighted by atomic mass is 32.2. The van der Waals surface area contributed by atoms with E-state index < -0.39 is 16.7 Å². The summed E-state index contributed by atoms with van der Waals surface area (Å²) in [4.78, 5) is 17.4. The molecular formula is C10H14N4O2S. The molecule has 4 N–H and O–H groups in total. The highest BCUT2D eigenvalue weighted by Crippen LogP contribution is 2.20. The lowest BCUT2D eigenvalue weighted by atomic mass is 10.2. The second-order valence-corrected chi connectivity index (χ2v) is 5.54. The minimum absolute atomic E-state index is 0.317. The number of rotatable bonds is 2. The molecule has 1 aromatic rings. The molecule has 2 heterocycles. The molecule has 0 aliphatic carbocycles. The lowest BCUT2D eigenvalue weighted by Crippen LogP contribution is -2.39. The smallest absolute Gasteiger partial charge is 0.252 e. The van der Waals surface area contributed by atoms with Crippen molar-refractivity contribution < 1.29 is 9.00 Å². The van der Waals surface area contributed by atoms with Crippen LogP contribution in [0.2, 0.25) is 0 Å². The van der Waals surface area contributed by atoms with Gasteiger partial charge in [0.05, 0.1) is 17.4 Å². The van der Waals surface area contributed by atoms with E-state index in [-0.39, 0.29) is 0 Å². The van der Waals surface area contributed by atoms with E-state index in [2.05, 4.69) is 4.98 Å². The fourth-order valence-electron chi connectivity index (χ4n) is 1.76. The van der Waals surface area contributed by atoms with E-state index in [0.717, 1.165) is 0 Å². The lowest BCUT2D eigenvalue weighted by molar-refractivity contribution is 0.100. The number of aromatic nitrogens is 1. The van der Waals surface area contributed by atoms with Crippen LogP contribution in [0.3, 0.4) is 0 Å². The molecule has 0 unspecified atom stereocenters. The van der Waals surface area contributed by atoms with Crippen LogP contribution in [0.25, 0.3) is 0 Å². The standard InChI is InChI=1S/C10H14N4O2S/c11-7-5-8(9(12)15)10(13-6-7)14-1-3-17(16)4-2-14/h5-6H,1-4,11H2,(H2,12,15). The van der Waals surface area contributed by atoms with Gasteiger partial charge in [-0.15, -0.1) is 0 Å². The van der Waals surface area contributed by atoms with E-state index in [0.29, 0.717) is 41.7 Å². The number of nitrogens with two attached hydrogens (primary N) is 2. The summed E-state index contributed by atoms with van der Waals surface area (Å²) < 4.78 is 11.3. The molecule has 1 aliphatic heterocycles. The molecule has 0 aromatic carbocycles. The highest BCUT2D eigenvalue weighted by Gasteiger charge is 2.21. The Kier molecular flexibility index (Phi) is 3.28. The Bertz CT molecular complexity index is 467. The summed E-state index contributed by atoms with van der Waals surface area (Å²) >= 11 is 0. The minimum atomic E-state index is -0.767. The van der Waals surface area contributed by atoms with Crippen molar-refractivity contribution >= 4 is 28.2 Å². The summed E-state index contributed by atoms with van der Waals surface area (Å²) in [6.07, 6.45) is 1.49. The quantitative estimate of drug-likeness (QED) is 0.728. The van der Waals surface area contributed by atoms with Crippen molar-refractivity contribution in [3.63, 3.8) is 0 Å². The van der Waals surface area contributed by atoms with E-state index >= 15 is 0 Å². The fraction of sp³-hybridized carbons (Fsp3) is 0.400. The first kappa shape index (κ1) is 11.8. The summed E-state index contributed by atoms with van der Waals surface area (Å²) in [5, 5.41) is 0. The van der Waals surface area contributed by atoms with Crippen molar-refractivity contribution in [2.75, 3.05) is 35.2 Å². The average molecular weight is 254 g/mol. The zero-order valence-corrected chi connectivity index (χ0v) is 10.1. The summed E-state index contributed by atoms with van der Waals surface area (Å²) in [6, 6.07) is 1.52. The molecule has 1 aromatic heterocycles. The van der Waals surface area contributed by atoms with Crippen LogP contribution in [0.4, 0.5) is 11.5 Å². The number of primary amides is 1. The number of amides is 1. The van der Waals surface area contributed by atoms with Gasteiger partial charge in [0.25, 0.3) is 5.91 Å². The minimum Gasteiger partial charge on any atom is -0.397 e. The van der Waals surface area contributed by atoms with Gasteiger partial charge in [-0.1, -0.05) is 0 Å². The lowest BCUT2D eigenvalue weighted by Gasteiger charge is -2.28. The van der Waals surface area contributed by atoms with Gasteiger partial charge in [-0.05, 0) is 6.07 Å². The van der Waals surface area contributed by atoms with Gasteiger partial charge >= 0.3 is 0 Å². The molecule has 0 saturated carbocycles. The summed E-state index contributed by atoms with van der Waals surface area (Å²) in [6.45, 7) is 1.23. The van der Waals surface area contributed by atoms with Gasteiger partial charge in [-0.2, -0.15) is 0 Å². The molecule has 0 spiro atoms. The third-order valence-electron chi connectivity index (χ3n) is 2.63. The Morgan fingerprint density at radius 3 is 2.65 bits per heavy atom. The summed E-state index contributed by atoms with van der Waals surface area (Å²) in [7, 11) is -0.767. The van der Waals surface area contributed by atoms with E-state index in [4.69, 9.17) is 11.5 Å². The first-order chi connectivity index (χ1) is 8.08. The second-order valence-electron chi connectivity index (χ2n) is 3.84. The van der Waals surface area contributed by atoms with E-state index in [9.17, 15) is 9.00 Å². The topological polar surface area (TPSA) is 102 Å². The van der Waals surface area contributed by atoms with Crippen LogP contribution in [0.1, 0.15) is 10.4 Å². The van der Waals surface area contributed by atoms with Crippen LogP contribution in [-0.4, -0.2) is 39.7 Å². The van der Waals surface area contributed by atoms with Crippen LogP contribution >= 0.6 is 0 Å². The van der Waals surface area contributed by atoms with E-state index in [1.807, 2.05) is 4.90 Å². The van der Waals surface area contributed by atoms with Gasteiger partial charge in [0, 0.05) is 35.4 Å². The SMILES string of the molecule is NC(=O)c1cc(N)cnc1N1CCS(=O)CC1. The average Bonchev–Trinajstić information content (AvgIpc) is 2.30. The zero-order valence-electron chi connectivity index (χ0n) is 9.26. The summed E-state index contributed by atoms with van der Waals surface area (Å²) in [5.41, 5.74) is 11.6. The van der Waals surface area contributed by atoms with Crippen LogP contribution in [0, 0.1) is 0 Å². The monoisotopic (exact) mass is 254 g/mol. The number of anilines is 2. The molecule has 1 saturated heterocycles. The van der Waals surface area contributed by atoms with E-state index in [1.165, 1.54) is 12.3 Å². The van der Waals surface area contributed by atoms with Gasteiger partial charge in [-0.25, -0.2) is 4.98 Å². The number of nitrogen functional groups attached to an aromatic ring is 1. The Balaban J connectivity index is 2.31. The molecule has 7 heteroatoms. The first-order valence-electron chi connectivity index (χ1n) is 5.23. The van der Waals surface area contributed by atoms with Crippen molar-refractivity contribution in [2.24, 2.45) is 5.73 Å². The predicted molar refractivity (Wildman–Crippen MR) is 67.3 cm³/mol. The van der Waals surface area contributed by atoms with Crippen LogP contribution in [0.5, 0.6) is 0 Å². The molecule has 0 bridgehead atoms. The number of hydrogen-bond acceptors (Lipinski definition) is 5. The molecule has 6 nitrogen and oxygen atoms in total. The Labute approximate surface area is 101 Å². The van der Waals surface area contributed by atoms with Gasteiger partial charge in [0.15, 0.2) is 0 Å². The molecule has 1 aliphatic rings. The third kappa shape index (κ3) is 2.55. The number of carbonyl (C=O) groups is 1. The van der Waals surface area contributed by atoms with Crippen molar-refractivity contribution in [1.82, 2.24) is 4.98 Å². The van der Waals surface area contributed by atoms with Crippen LogP contribution in [0.15, 0.2) is 12.3 Å². The Hall–Kier alpha value is -1.63. The molecule has 1 amide bonds. The maximum absolute atomic E-state index is 11.3. The molecule has 17 heavy (non-hydrogen) atoms. The molecule has 92 valence electrons. The highest BCUT2D eigenvalue weighted by molar-refractivity contribution is 7.85. The van der Waals surface area contributed by atoms with Crippen molar-refractivity contribution in [3.05, 3.63) is 17.8 Å².